The van der Waals surface area contributed by atoms with Crippen molar-refractivity contribution in [2.75, 3.05) is 6.54 Å². The Hall–Kier alpha value is -0.730. The van der Waals surface area contributed by atoms with Gasteiger partial charge in [0.15, 0.2) is 0 Å². The van der Waals surface area contributed by atoms with Crippen LogP contribution < -0.4 is 0 Å². The number of hydrogen-bond donors (Lipinski definition) is 1. The molecular formula is C15H31NO2. The average Bonchev–Trinajstić information content (AvgIpc) is 2.33. The third kappa shape index (κ3) is 8.37. The van der Waals surface area contributed by atoms with Gasteiger partial charge >= 0.3 is 6.09 Å². The van der Waals surface area contributed by atoms with Gasteiger partial charge in [0.2, 0.25) is 0 Å². The van der Waals surface area contributed by atoms with Crippen molar-refractivity contribution in [3.05, 3.63) is 0 Å². The fraction of sp³-hybridized carbons (Fsp3) is 0.933. The molecule has 108 valence electrons. The van der Waals surface area contributed by atoms with Gasteiger partial charge in [-0.25, -0.2) is 4.79 Å². The number of unbranched alkanes of at least 4 members (excludes halogenated alkanes) is 7. The highest BCUT2D eigenvalue weighted by Crippen LogP contribution is 2.13. The minimum Gasteiger partial charge on any atom is -0.465 e. The summed E-state index contributed by atoms with van der Waals surface area (Å²) < 4.78 is 0. The molecule has 0 bridgehead atoms. The maximum absolute atomic E-state index is 10.9. The first-order valence-corrected chi connectivity index (χ1v) is 7.63. The van der Waals surface area contributed by atoms with Crippen molar-refractivity contribution >= 4 is 6.09 Å². The highest BCUT2D eigenvalue weighted by molar-refractivity contribution is 5.65. The van der Waals surface area contributed by atoms with Gasteiger partial charge in [0.05, 0.1) is 0 Å². The lowest BCUT2D eigenvalue weighted by atomic mass is 10.0. The summed E-state index contributed by atoms with van der Waals surface area (Å²) in [5, 5.41) is 8.99. The monoisotopic (exact) mass is 257 g/mol. The first-order valence-electron chi connectivity index (χ1n) is 7.63. The van der Waals surface area contributed by atoms with Gasteiger partial charge in [-0.1, -0.05) is 58.3 Å². The van der Waals surface area contributed by atoms with E-state index in [1.165, 1.54) is 49.8 Å². The highest BCUT2D eigenvalue weighted by atomic mass is 16.4. The summed E-state index contributed by atoms with van der Waals surface area (Å²) >= 11 is 0. The second-order valence-corrected chi connectivity index (χ2v) is 5.18. The molecule has 1 N–H and O–H groups in total. The second-order valence-electron chi connectivity index (χ2n) is 5.18. The topological polar surface area (TPSA) is 40.5 Å². The molecule has 0 rings (SSSR count). The lowest BCUT2D eigenvalue weighted by Crippen LogP contribution is -2.37. The van der Waals surface area contributed by atoms with Crippen molar-refractivity contribution < 1.29 is 9.90 Å². The quantitative estimate of drug-likeness (QED) is 0.534. The van der Waals surface area contributed by atoms with Crippen LogP contribution in [0.4, 0.5) is 4.79 Å². The Morgan fingerprint density at radius 1 is 1.00 bits per heavy atom. The average molecular weight is 257 g/mol. The van der Waals surface area contributed by atoms with E-state index in [0.29, 0.717) is 6.54 Å². The van der Waals surface area contributed by atoms with Crippen LogP contribution in [0.3, 0.4) is 0 Å². The molecule has 0 saturated heterocycles. The van der Waals surface area contributed by atoms with E-state index in [1.54, 1.807) is 0 Å². The van der Waals surface area contributed by atoms with E-state index in [-0.39, 0.29) is 6.04 Å². The fourth-order valence-corrected chi connectivity index (χ4v) is 2.36. The van der Waals surface area contributed by atoms with Gasteiger partial charge in [-0.2, -0.15) is 0 Å². The minimum absolute atomic E-state index is 0.160. The number of carbonyl (C=O) groups is 1. The summed E-state index contributed by atoms with van der Waals surface area (Å²) in [5.74, 6) is 0. The van der Waals surface area contributed by atoms with Gasteiger partial charge in [-0.3, -0.25) is 0 Å². The maximum atomic E-state index is 10.9. The zero-order valence-corrected chi connectivity index (χ0v) is 12.5. The van der Waals surface area contributed by atoms with E-state index in [9.17, 15) is 4.79 Å². The molecule has 3 nitrogen and oxygen atoms in total. The Morgan fingerprint density at radius 2 is 1.50 bits per heavy atom. The fourth-order valence-electron chi connectivity index (χ4n) is 2.36. The maximum Gasteiger partial charge on any atom is 0.407 e. The van der Waals surface area contributed by atoms with Crippen LogP contribution in [0.25, 0.3) is 0 Å². The largest absolute Gasteiger partial charge is 0.465 e. The summed E-state index contributed by atoms with van der Waals surface area (Å²) in [6.07, 6.45) is 10.6. The molecule has 0 aromatic heterocycles. The highest BCUT2D eigenvalue weighted by Gasteiger charge is 2.16. The van der Waals surface area contributed by atoms with Crippen molar-refractivity contribution in [1.29, 1.82) is 0 Å². The molecular weight excluding hydrogens is 226 g/mol. The molecule has 1 amide bonds. The van der Waals surface area contributed by atoms with Crippen molar-refractivity contribution in [1.82, 2.24) is 4.90 Å². The molecule has 3 heteroatoms. The molecule has 0 saturated carbocycles. The van der Waals surface area contributed by atoms with Crippen molar-refractivity contribution in [3.8, 4) is 0 Å². The summed E-state index contributed by atoms with van der Waals surface area (Å²) in [4.78, 5) is 12.5. The summed E-state index contributed by atoms with van der Waals surface area (Å²) in [5.41, 5.74) is 0. The van der Waals surface area contributed by atoms with Crippen molar-refractivity contribution in [3.63, 3.8) is 0 Å². The van der Waals surface area contributed by atoms with E-state index >= 15 is 0 Å². The zero-order chi connectivity index (χ0) is 13.8. The van der Waals surface area contributed by atoms with Gasteiger partial charge in [0, 0.05) is 12.6 Å². The van der Waals surface area contributed by atoms with Gasteiger partial charge in [0.1, 0.15) is 0 Å². The molecule has 0 fully saturated rings. The summed E-state index contributed by atoms with van der Waals surface area (Å²) in [7, 11) is 0. The molecule has 0 heterocycles. The third-order valence-corrected chi connectivity index (χ3v) is 3.59. The van der Waals surface area contributed by atoms with E-state index in [2.05, 4.69) is 6.92 Å². The molecule has 1 atom stereocenters. The number of hydrogen-bond acceptors (Lipinski definition) is 1. The van der Waals surface area contributed by atoms with Crippen LogP contribution in [-0.4, -0.2) is 28.7 Å². The molecule has 18 heavy (non-hydrogen) atoms. The first kappa shape index (κ1) is 17.3. The van der Waals surface area contributed by atoms with Crippen LogP contribution >= 0.6 is 0 Å². The molecule has 0 spiro atoms. The standard InChI is InChI=1S/C15H31NO2/c1-4-6-7-8-9-10-11-12-13-14(3)16(5-2)15(17)18/h14H,4-13H2,1-3H3,(H,17,18). The van der Waals surface area contributed by atoms with Crippen LogP contribution in [0, 0.1) is 0 Å². The molecule has 0 radical (unpaired) electrons. The minimum atomic E-state index is -0.787. The van der Waals surface area contributed by atoms with Crippen LogP contribution in [-0.2, 0) is 0 Å². The number of rotatable bonds is 11. The Kier molecular flexibility index (Phi) is 10.9. The molecule has 0 aliphatic rings. The second kappa shape index (κ2) is 11.4. The first-order chi connectivity index (χ1) is 8.63. The number of carboxylic acid groups (broad SMARTS) is 1. The van der Waals surface area contributed by atoms with Gasteiger partial charge in [-0.15, -0.1) is 0 Å². The Morgan fingerprint density at radius 3 is 1.94 bits per heavy atom. The van der Waals surface area contributed by atoms with Crippen LogP contribution in [0.5, 0.6) is 0 Å². The normalized spacial score (nSPS) is 12.4. The van der Waals surface area contributed by atoms with Gasteiger partial charge in [-0.05, 0) is 20.3 Å². The summed E-state index contributed by atoms with van der Waals surface area (Å²) in [6.45, 7) is 6.74. The van der Waals surface area contributed by atoms with Gasteiger partial charge in [0.25, 0.3) is 0 Å². The van der Waals surface area contributed by atoms with Gasteiger partial charge < -0.3 is 10.0 Å². The number of nitrogens with zero attached hydrogens (tertiary/aromatic N) is 1. The molecule has 0 aromatic carbocycles. The van der Waals surface area contributed by atoms with Crippen LogP contribution in [0.1, 0.15) is 78.6 Å². The predicted molar refractivity (Wildman–Crippen MR) is 77.1 cm³/mol. The zero-order valence-electron chi connectivity index (χ0n) is 12.5. The van der Waals surface area contributed by atoms with E-state index in [0.717, 1.165) is 12.8 Å². The SMILES string of the molecule is CCCCCCCCCCC(C)N(CC)C(=O)O. The molecule has 0 aromatic rings. The lowest BCUT2D eigenvalue weighted by Gasteiger charge is -2.24. The van der Waals surface area contributed by atoms with E-state index in [1.807, 2.05) is 13.8 Å². The number of amides is 1. The smallest absolute Gasteiger partial charge is 0.407 e. The predicted octanol–water partition coefficient (Wildman–Crippen LogP) is 4.91. The van der Waals surface area contributed by atoms with Crippen molar-refractivity contribution in [2.24, 2.45) is 0 Å². The van der Waals surface area contributed by atoms with Crippen molar-refractivity contribution in [2.45, 2.75) is 84.6 Å². The Balaban J connectivity index is 3.45. The molecule has 0 aliphatic heterocycles. The summed E-state index contributed by atoms with van der Waals surface area (Å²) in [6, 6.07) is 0.160. The lowest BCUT2D eigenvalue weighted by molar-refractivity contribution is 0.128. The van der Waals surface area contributed by atoms with E-state index in [4.69, 9.17) is 5.11 Å². The third-order valence-electron chi connectivity index (χ3n) is 3.59. The van der Waals surface area contributed by atoms with Crippen LogP contribution in [0.15, 0.2) is 0 Å². The Bertz CT molecular complexity index is 207. The Labute approximate surface area is 113 Å². The molecule has 0 aliphatic carbocycles. The van der Waals surface area contributed by atoms with E-state index < -0.39 is 6.09 Å². The molecule has 1 unspecified atom stereocenters. The van der Waals surface area contributed by atoms with Crippen LogP contribution in [0.2, 0.25) is 0 Å².